The number of carbonyl (C=O) groups is 2. The van der Waals surface area contributed by atoms with E-state index in [0.717, 1.165) is 17.0 Å². The summed E-state index contributed by atoms with van der Waals surface area (Å²) in [5.41, 5.74) is -0.565. The number of fused-ring (bicyclic) bond motifs is 2. The number of amides is 2. The quantitative estimate of drug-likeness (QED) is 0.684. The first-order chi connectivity index (χ1) is 15.9. The average molecular weight is 480 g/mol. The van der Waals surface area contributed by atoms with Crippen LogP contribution in [0.3, 0.4) is 0 Å². The van der Waals surface area contributed by atoms with E-state index in [2.05, 4.69) is 4.98 Å². The molecule has 182 valence electrons. The molecule has 0 aliphatic carbocycles. The number of pyridine rings is 1. The lowest BCUT2D eigenvalue weighted by atomic mass is 9.95. The van der Waals surface area contributed by atoms with E-state index in [0.29, 0.717) is 0 Å². The first-order valence-electron chi connectivity index (χ1n) is 10.8. The minimum absolute atomic E-state index is 0.0360. The lowest BCUT2D eigenvalue weighted by Crippen LogP contribution is -2.53. The number of para-hydroxylation sites is 1. The molecule has 7 nitrogen and oxygen atoms in total. The van der Waals surface area contributed by atoms with Crippen molar-refractivity contribution >= 4 is 29.0 Å². The number of aryl methyl sites for hydroxylation is 1. The van der Waals surface area contributed by atoms with Gasteiger partial charge < -0.3 is 14.9 Å². The first kappa shape index (κ1) is 23.9. The number of aliphatic hydroxyl groups is 1. The van der Waals surface area contributed by atoms with Gasteiger partial charge in [-0.25, -0.2) is 9.37 Å². The second kappa shape index (κ2) is 8.53. The van der Waals surface area contributed by atoms with Crippen LogP contribution in [0, 0.1) is 18.7 Å². The molecule has 1 aromatic heterocycles. The van der Waals surface area contributed by atoms with Crippen LogP contribution in [0.1, 0.15) is 24.6 Å². The molecular formula is C23H24F4N4O3. The summed E-state index contributed by atoms with van der Waals surface area (Å²) < 4.78 is 55.2. The van der Waals surface area contributed by atoms with Crippen molar-refractivity contribution in [3.63, 3.8) is 0 Å². The van der Waals surface area contributed by atoms with E-state index in [-0.39, 0.29) is 42.4 Å². The molecule has 0 spiro atoms. The highest BCUT2D eigenvalue weighted by Gasteiger charge is 2.49. The third-order valence-electron chi connectivity index (χ3n) is 6.11. The number of benzene rings is 1. The van der Waals surface area contributed by atoms with Crippen molar-refractivity contribution in [1.82, 2.24) is 4.98 Å². The van der Waals surface area contributed by atoms with Crippen LogP contribution in [0.5, 0.6) is 0 Å². The molecule has 1 saturated heterocycles. The molecule has 1 N–H and O–H groups in total. The molecule has 2 aliphatic heterocycles. The number of β-amino-alcohol motifs (C(OH)–C–C–N with tert-alkyl or cyclic N) is 1. The number of aliphatic hydroxyl groups excluding tert-OH is 1. The van der Waals surface area contributed by atoms with E-state index in [1.807, 2.05) is 0 Å². The third kappa shape index (κ3) is 4.20. The fraction of sp³-hybridized carbons (Fsp3) is 0.435. The standard InChI is InChI=1S/C23H24F4N4O3/c1-12-7-15(23(25,26)27)9-18(28-12)31-19(33)8-14-11-30(10-13(2)32)21-16(24)5-4-6-17(21)29(3)22(34)20(14)31/h4-7,9,13-14,20,32H,8,10-11H2,1-3H3/t13-,14-,20+/m1/s1. The van der Waals surface area contributed by atoms with Crippen LogP contribution in [-0.2, 0) is 15.8 Å². The van der Waals surface area contributed by atoms with Crippen LogP contribution in [0.4, 0.5) is 34.8 Å². The van der Waals surface area contributed by atoms with Crippen molar-refractivity contribution in [3.8, 4) is 0 Å². The summed E-state index contributed by atoms with van der Waals surface area (Å²) in [7, 11) is 1.43. The fourth-order valence-electron chi connectivity index (χ4n) is 4.75. The van der Waals surface area contributed by atoms with Crippen molar-refractivity contribution in [3.05, 3.63) is 47.4 Å². The Balaban J connectivity index is 1.84. The Bertz CT molecular complexity index is 1140. The number of alkyl halides is 3. The highest BCUT2D eigenvalue weighted by molar-refractivity contribution is 6.10. The van der Waals surface area contributed by atoms with Crippen LogP contribution < -0.4 is 14.7 Å². The molecule has 1 fully saturated rings. The number of aromatic nitrogens is 1. The van der Waals surface area contributed by atoms with Gasteiger partial charge in [-0.1, -0.05) is 6.07 Å². The lowest BCUT2D eigenvalue weighted by Gasteiger charge is -2.39. The summed E-state index contributed by atoms with van der Waals surface area (Å²) in [4.78, 5) is 34.6. The predicted octanol–water partition coefficient (Wildman–Crippen LogP) is 3.13. The van der Waals surface area contributed by atoms with E-state index in [1.54, 1.807) is 11.0 Å². The fourth-order valence-corrected chi connectivity index (χ4v) is 4.75. The molecule has 3 heterocycles. The summed E-state index contributed by atoms with van der Waals surface area (Å²) in [6.07, 6.45) is -5.63. The maximum atomic E-state index is 14.9. The molecule has 34 heavy (non-hydrogen) atoms. The first-order valence-corrected chi connectivity index (χ1v) is 10.8. The number of hydrogen-bond donors (Lipinski definition) is 1. The largest absolute Gasteiger partial charge is 0.416 e. The van der Waals surface area contributed by atoms with Crippen LogP contribution in [0.25, 0.3) is 0 Å². The summed E-state index contributed by atoms with van der Waals surface area (Å²) in [5, 5.41) is 10.0. The monoisotopic (exact) mass is 480 g/mol. The van der Waals surface area contributed by atoms with Crippen LogP contribution in [0.2, 0.25) is 0 Å². The minimum atomic E-state index is -4.66. The Labute approximate surface area is 193 Å². The Morgan fingerprint density at radius 2 is 1.94 bits per heavy atom. The topological polar surface area (TPSA) is 77.0 Å². The molecule has 4 rings (SSSR count). The second-order valence-corrected chi connectivity index (χ2v) is 8.78. The van der Waals surface area contributed by atoms with Gasteiger partial charge in [0.2, 0.25) is 11.8 Å². The van der Waals surface area contributed by atoms with Gasteiger partial charge in [-0.15, -0.1) is 0 Å². The summed E-state index contributed by atoms with van der Waals surface area (Å²) in [6.45, 7) is 3.00. The molecule has 1 aromatic carbocycles. The Kier molecular flexibility index (Phi) is 6.01. The Morgan fingerprint density at radius 1 is 1.24 bits per heavy atom. The predicted molar refractivity (Wildman–Crippen MR) is 117 cm³/mol. The SMILES string of the molecule is Cc1cc(C(F)(F)F)cc(N2C(=O)C[C@@H]3CN(C[C@@H](C)O)c4c(F)cccc4N(C)C(=O)[C@H]32)n1. The zero-order valence-electron chi connectivity index (χ0n) is 18.8. The van der Waals surface area contributed by atoms with E-state index < -0.39 is 47.4 Å². The average Bonchev–Trinajstić information content (AvgIpc) is 3.05. The Hall–Kier alpha value is -3.21. The highest BCUT2D eigenvalue weighted by atomic mass is 19.4. The van der Waals surface area contributed by atoms with E-state index in [1.165, 1.54) is 37.9 Å². The molecule has 2 amide bonds. The van der Waals surface area contributed by atoms with Crippen molar-refractivity contribution in [2.75, 3.05) is 34.8 Å². The van der Waals surface area contributed by atoms with E-state index >= 15 is 0 Å². The number of rotatable bonds is 3. The number of halogens is 4. The van der Waals surface area contributed by atoms with Crippen LogP contribution in [0.15, 0.2) is 30.3 Å². The second-order valence-electron chi connectivity index (χ2n) is 8.78. The molecular weight excluding hydrogens is 456 g/mol. The van der Waals surface area contributed by atoms with Gasteiger partial charge in [-0.05, 0) is 38.1 Å². The molecule has 0 unspecified atom stereocenters. The molecule has 0 radical (unpaired) electrons. The van der Waals surface area contributed by atoms with Gasteiger partial charge in [-0.3, -0.25) is 14.5 Å². The molecule has 2 aromatic rings. The normalized spacial score (nSPS) is 21.8. The van der Waals surface area contributed by atoms with Gasteiger partial charge in [0.15, 0.2) is 0 Å². The van der Waals surface area contributed by atoms with Crippen LogP contribution in [-0.4, -0.2) is 54.2 Å². The maximum absolute atomic E-state index is 14.9. The Morgan fingerprint density at radius 3 is 2.59 bits per heavy atom. The van der Waals surface area contributed by atoms with E-state index in [4.69, 9.17) is 0 Å². The lowest BCUT2D eigenvalue weighted by molar-refractivity contribution is -0.137. The molecule has 11 heteroatoms. The van der Waals surface area contributed by atoms with Gasteiger partial charge in [0.25, 0.3) is 0 Å². The highest BCUT2D eigenvalue weighted by Crippen LogP contribution is 2.41. The zero-order chi connectivity index (χ0) is 24.9. The number of nitrogens with zero attached hydrogens (tertiary/aromatic N) is 4. The number of anilines is 3. The van der Waals surface area contributed by atoms with E-state index in [9.17, 15) is 32.3 Å². The smallest absolute Gasteiger partial charge is 0.392 e. The molecule has 3 atom stereocenters. The van der Waals surface area contributed by atoms with Gasteiger partial charge in [0.1, 0.15) is 17.7 Å². The number of hydrogen-bond acceptors (Lipinski definition) is 5. The van der Waals surface area contributed by atoms with Crippen LogP contribution >= 0.6 is 0 Å². The minimum Gasteiger partial charge on any atom is -0.392 e. The maximum Gasteiger partial charge on any atom is 0.416 e. The van der Waals surface area contributed by atoms with Crippen molar-refractivity contribution < 1.29 is 32.3 Å². The van der Waals surface area contributed by atoms with Crippen molar-refractivity contribution in [2.24, 2.45) is 5.92 Å². The van der Waals surface area contributed by atoms with Gasteiger partial charge >= 0.3 is 6.18 Å². The number of likely N-dealkylation sites (N-methyl/N-ethyl adjacent to an activating group) is 1. The summed E-state index contributed by atoms with van der Waals surface area (Å²) in [6, 6.07) is 4.72. The molecule has 0 saturated carbocycles. The van der Waals surface area contributed by atoms with Crippen molar-refractivity contribution in [2.45, 2.75) is 38.6 Å². The summed E-state index contributed by atoms with van der Waals surface area (Å²) >= 11 is 0. The summed E-state index contributed by atoms with van der Waals surface area (Å²) in [5.74, 6) is -2.62. The van der Waals surface area contributed by atoms with Gasteiger partial charge in [0, 0.05) is 38.2 Å². The van der Waals surface area contributed by atoms with Crippen molar-refractivity contribution in [1.29, 1.82) is 0 Å². The van der Waals surface area contributed by atoms with Gasteiger partial charge in [0.05, 0.1) is 23.0 Å². The molecule has 2 aliphatic rings. The molecule has 0 bridgehead atoms. The van der Waals surface area contributed by atoms with Gasteiger partial charge in [-0.2, -0.15) is 13.2 Å². The zero-order valence-corrected chi connectivity index (χ0v) is 18.8. The third-order valence-corrected chi connectivity index (χ3v) is 6.11. The number of carbonyl (C=O) groups excluding carboxylic acids is 2.